The lowest BCUT2D eigenvalue weighted by molar-refractivity contribution is -0.145. The number of ether oxygens (including phenoxy) is 1. The molecule has 0 aromatic rings. The van der Waals surface area contributed by atoms with E-state index in [1.807, 2.05) is 13.8 Å². The molecule has 17 heavy (non-hydrogen) atoms. The highest BCUT2D eigenvalue weighted by atomic mass is 16.5. The minimum absolute atomic E-state index is 0.164. The number of esters is 1. The average Bonchev–Trinajstić information content (AvgIpc) is 2.27. The Morgan fingerprint density at radius 3 is 2.53 bits per heavy atom. The SMILES string of the molecule is C=CCNCC(=O)NC(CC(C)C)C(=O)OC. The van der Waals surface area contributed by atoms with Gasteiger partial charge in [-0.1, -0.05) is 19.9 Å². The van der Waals surface area contributed by atoms with E-state index in [1.54, 1.807) is 6.08 Å². The van der Waals surface area contributed by atoms with Crippen LogP contribution in [0.4, 0.5) is 0 Å². The van der Waals surface area contributed by atoms with Gasteiger partial charge in [0.1, 0.15) is 6.04 Å². The number of hydrogen-bond donors (Lipinski definition) is 2. The standard InChI is InChI=1S/C12H22N2O3/c1-5-6-13-8-11(15)14-10(7-9(2)3)12(16)17-4/h5,9-10,13H,1,6-8H2,2-4H3,(H,14,15). The predicted molar refractivity (Wildman–Crippen MR) is 66.5 cm³/mol. The molecular weight excluding hydrogens is 220 g/mol. The zero-order valence-electron chi connectivity index (χ0n) is 10.8. The normalized spacial score (nSPS) is 12.0. The van der Waals surface area contributed by atoms with Gasteiger partial charge in [-0.15, -0.1) is 6.58 Å². The minimum Gasteiger partial charge on any atom is -0.467 e. The second kappa shape index (κ2) is 8.75. The summed E-state index contributed by atoms with van der Waals surface area (Å²) >= 11 is 0. The van der Waals surface area contributed by atoms with Crippen molar-refractivity contribution in [3.05, 3.63) is 12.7 Å². The summed E-state index contributed by atoms with van der Waals surface area (Å²) in [6.07, 6.45) is 2.24. The zero-order chi connectivity index (χ0) is 13.3. The highest BCUT2D eigenvalue weighted by Gasteiger charge is 2.22. The second-order valence-electron chi connectivity index (χ2n) is 4.19. The fourth-order valence-electron chi connectivity index (χ4n) is 1.36. The van der Waals surface area contributed by atoms with Crippen molar-refractivity contribution in [3.63, 3.8) is 0 Å². The van der Waals surface area contributed by atoms with E-state index in [0.29, 0.717) is 18.9 Å². The molecule has 0 radical (unpaired) electrons. The van der Waals surface area contributed by atoms with Crippen LogP contribution in [-0.2, 0) is 14.3 Å². The highest BCUT2D eigenvalue weighted by molar-refractivity contribution is 5.85. The summed E-state index contributed by atoms with van der Waals surface area (Å²) in [7, 11) is 1.32. The maximum Gasteiger partial charge on any atom is 0.328 e. The van der Waals surface area contributed by atoms with E-state index in [4.69, 9.17) is 0 Å². The van der Waals surface area contributed by atoms with Crippen LogP contribution in [0.5, 0.6) is 0 Å². The molecule has 98 valence electrons. The molecule has 0 saturated heterocycles. The molecule has 5 nitrogen and oxygen atoms in total. The van der Waals surface area contributed by atoms with Gasteiger partial charge in [-0.2, -0.15) is 0 Å². The van der Waals surface area contributed by atoms with Gasteiger partial charge < -0.3 is 15.4 Å². The molecule has 0 saturated carbocycles. The van der Waals surface area contributed by atoms with Crippen molar-refractivity contribution in [1.82, 2.24) is 10.6 Å². The van der Waals surface area contributed by atoms with Crippen LogP contribution >= 0.6 is 0 Å². The fraction of sp³-hybridized carbons (Fsp3) is 0.667. The smallest absolute Gasteiger partial charge is 0.328 e. The summed E-state index contributed by atoms with van der Waals surface area (Å²) in [5.74, 6) is -0.320. The molecule has 0 heterocycles. The summed E-state index contributed by atoms with van der Waals surface area (Å²) in [5.41, 5.74) is 0. The van der Waals surface area contributed by atoms with Crippen LogP contribution in [0.15, 0.2) is 12.7 Å². The quantitative estimate of drug-likeness (QED) is 0.369. The first-order valence-corrected chi connectivity index (χ1v) is 5.70. The number of nitrogens with one attached hydrogen (secondary N) is 2. The van der Waals surface area contributed by atoms with Gasteiger partial charge in [-0.05, 0) is 12.3 Å². The van der Waals surface area contributed by atoms with Crippen LogP contribution in [-0.4, -0.2) is 38.1 Å². The summed E-state index contributed by atoms with van der Waals surface area (Å²) < 4.78 is 4.65. The first-order valence-electron chi connectivity index (χ1n) is 5.70. The van der Waals surface area contributed by atoms with Gasteiger partial charge in [-0.3, -0.25) is 4.79 Å². The van der Waals surface area contributed by atoms with E-state index in [2.05, 4.69) is 21.9 Å². The van der Waals surface area contributed by atoms with Crippen molar-refractivity contribution in [2.45, 2.75) is 26.3 Å². The molecule has 1 unspecified atom stereocenters. The third-order valence-electron chi connectivity index (χ3n) is 2.10. The van der Waals surface area contributed by atoms with Gasteiger partial charge in [0.15, 0.2) is 0 Å². The lowest BCUT2D eigenvalue weighted by atomic mass is 10.0. The van der Waals surface area contributed by atoms with Gasteiger partial charge in [0.2, 0.25) is 5.91 Å². The van der Waals surface area contributed by atoms with Crippen LogP contribution < -0.4 is 10.6 Å². The molecule has 1 amide bonds. The predicted octanol–water partition coefficient (Wildman–Crippen LogP) is 0.466. The van der Waals surface area contributed by atoms with Gasteiger partial charge in [-0.25, -0.2) is 4.79 Å². The van der Waals surface area contributed by atoms with Gasteiger partial charge in [0.25, 0.3) is 0 Å². The Labute approximate surface area is 103 Å². The van der Waals surface area contributed by atoms with E-state index >= 15 is 0 Å². The van der Waals surface area contributed by atoms with Gasteiger partial charge >= 0.3 is 5.97 Å². The highest BCUT2D eigenvalue weighted by Crippen LogP contribution is 2.05. The molecule has 0 aliphatic heterocycles. The Morgan fingerprint density at radius 2 is 2.06 bits per heavy atom. The summed E-state index contributed by atoms with van der Waals surface area (Å²) in [6.45, 7) is 8.22. The van der Waals surface area contributed by atoms with Crippen LogP contribution in [0, 0.1) is 5.92 Å². The Bertz CT molecular complexity index is 264. The Morgan fingerprint density at radius 1 is 1.41 bits per heavy atom. The first kappa shape index (κ1) is 15.6. The number of carbonyl (C=O) groups is 2. The summed E-state index contributed by atoms with van der Waals surface area (Å²) in [6, 6.07) is -0.571. The van der Waals surface area contributed by atoms with Crippen molar-refractivity contribution in [1.29, 1.82) is 0 Å². The van der Waals surface area contributed by atoms with Crippen molar-refractivity contribution in [2.75, 3.05) is 20.2 Å². The Balaban J connectivity index is 4.17. The average molecular weight is 242 g/mol. The minimum atomic E-state index is -0.571. The maximum absolute atomic E-state index is 11.5. The molecule has 0 rings (SSSR count). The third-order valence-corrected chi connectivity index (χ3v) is 2.10. The number of rotatable bonds is 8. The van der Waals surface area contributed by atoms with Crippen LogP contribution in [0.3, 0.4) is 0 Å². The summed E-state index contributed by atoms with van der Waals surface area (Å²) in [4.78, 5) is 23.0. The number of hydrogen-bond acceptors (Lipinski definition) is 4. The number of amides is 1. The monoisotopic (exact) mass is 242 g/mol. The van der Waals surface area contributed by atoms with Crippen LogP contribution in [0.25, 0.3) is 0 Å². The number of methoxy groups -OCH3 is 1. The Kier molecular flexibility index (Phi) is 8.05. The van der Waals surface area contributed by atoms with E-state index in [-0.39, 0.29) is 12.5 Å². The van der Waals surface area contributed by atoms with E-state index in [1.165, 1.54) is 7.11 Å². The van der Waals surface area contributed by atoms with Crippen molar-refractivity contribution < 1.29 is 14.3 Å². The lowest BCUT2D eigenvalue weighted by Gasteiger charge is -2.18. The summed E-state index contributed by atoms with van der Waals surface area (Å²) in [5, 5.41) is 5.52. The van der Waals surface area contributed by atoms with Crippen molar-refractivity contribution in [2.24, 2.45) is 5.92 Å². The maximum atomic E-state index is 11.5. The molecule has 5 heteroatoms. The molecule has 0 aliphatic carbocycles. The largest absolute Gasteiger partial charge is 0.467 e. The molecule has 0 aromatic carbocycles. The van der Waals surface area contributed by atoms with Crippen LogP contribution in [0.2, 0.25) is 0 Å². The molecule has 0 fully saturated rings. The molecule has 0 spiro atoms. The topological polar surface area (TPSA) is 67.4 Å². The van der Waals surface area contributed by atoms with E-state index in [0.717, 1.165) is 0 Å². The fourth-order valence-corrected chi connectivity index (χ4v) is 1.36. The number of carbonyl (C=O) groups excluding carboxylic acids is 2. The van der Waals surface area contributed by atoms with E-state index < -0.39 is 12.0 Å². The van der Waals surface area contributed by atoms with Gasteiger partial charge in [0, 0.05) is 6.54 Å². The first-order chi connectivity index (χ1) is 8.01. The second-order valence-corrected chi connectivity index (χ2v) is 4.19. The molecular formula is C12H22N2O3. The lowest BCUT2D eigenvalue weighted by Crippen LogP contribution is -2.45. The molecule has 0 aromatic heterocycles. The van der Waals surface area contributed by atoms with E-state index in [9.17, 15) is 9.59 Å². The molecule has 1 atom stereocenters. The zero-order valence-corrected chi connectivity index (χ0v) is 10.8. The third kappa shape index (κ3) is 7.52. The van der Waals surface area contributed by atoms with Crippen molar-refractivity contribution in [3.8, 4) is 0 Å². The molecule has 0 bridgehead atoms. The van der Waals surface area contributed by atoms with Crippen LogP contribution in [0.1, 0.15) is 20.3 Å². The molecule has 0 aliphatic rings. The van der Waals surface area contributed by atoms with Crippen molar-refractivity contribution >= 4 is 11.9 Å². The van der Waals surface area contributed by atoms with Gasteiger partial charge in [0.05, 0.1) is 13.7 Å². The molecule has 2 N–H and O–H groups in total. The Hall–Kier alpha value is -1.36.